The van der Waals surface area contributed by atoms with Gasteiger partial charge >= 0.3 is 0 Å². The third-order valence-corrected chi connectivity index (χ3v) is 5.86. The normalized spacial score (nSPS) is 19.4. The molecule has 1 aromatic carbocycles. The first-order valence-corrected chi connectivity index (χ1v) is 7.98. The summed E-state index contributed by atoms with van der Waals surface area (Å²) in [5, 5.41) is 0. The molecule has 2 aromatic rings. The number of hydrogen-bond donors (Lipinski definition) is 0. The molecule has 4 rings (SSSR count). The fourth-order valence-electron chi connectivity index (χ4n) is 3.26. The summed E-state index contributed by atoms with van der Waals surface area (Å²) < 4.78 is 12.9. The summed E-state index contributed by atoms with van der Waals surface area (Å²) >= 11 is -1.02. The first-order chi connectivity index (χ1) is 9.34. The highest BCUT2D eigenvalue weighted by Crippen LogP contribution is 2.39. The van der Waals surface area contributed by atoms with Crippen LogP contribution in [0.5, 0.6) is 0 Å². The van der Waals surface area contributed by atoms with E-state index in [2.05, 4.69) is 17.1 Å². The van der Waals surface area contributed by atoms with Crippen molar-refractivity contribution in [2.75, 3.05) is 0 Å². The van der Waals surface area contributed by atoms with E-state index in [4.69, 9.17) is 0 Å². The first kappa shape index (κ1) is 13.9. The Bertz CT molecular complexity index is 659. The maximum absolute atomic E-state index is 12.9. The molecule has 0 saturated carbocycles. The molecular weight excluding hydrogens is 290 g/mol. The van der Waals surface area contributed by atoms with Gasteiger partial charge < -0.3 is 4.55 Å². The number of halogens is 1. The van der Waals surface area contributed by atoms with E-state index in [0.29, 0.717) is 0 Å². The summed E-state index contributed by atoms with van der Waals surface area (Å²) in [5.41, 5.74) is 5.13. The lowest BCUT2D eigenvalue weighted by Crippen LogP contribution is -2.19. The third kappa shape index (κ3) is 2.05. The Morgan fingerprint density at radius 1 is 1.00 bits per heavy atom. The Hall–Kier alpha value is -1.03. The van der Waals surface area contributed by atoms with Crippen LogP contribution in [-0.2, 0) is 30.4 Å². The molecule has 0 fully saturated rings. The minimum Gasteiger partial charge on any atom is -0.606 e. The molecular formula is C16H16ClNOS. The quantitative estimate of drug-likeness (QED) is 0.699. The Morgan fingerprint density at radius 2 is 1.80 bits per heavy atom. The van der Waals surface area contributed by atoms with E-state index in [0.717, 1.165) is 34.6 Å². The second-order valence-corrected chi connectivity index (χ2v) is 6.71. The van der Waals surface area contributed by atoms with E-state index in [9.17, 15) is 4.55 Å². The minimum atomic E-state index is -1.02. The Balaban J connectivity index is 0.00000121. The van der Waals surface area contributed by atoms with E-state index in [1.165, 1.54) is 29.5 Å². The van der Waals surface area contributed by atoms with Crippen LogP contribution in [0.25, 0.3) is 0 Å². The van der Waals surface area contributed by atoms with Gasteiger partial charge in [0.2, 0.25) is 0 Å². The van der Waals surface area contributed by atoms with E-state index in [1.54, 1.807) is 6.20 Å². The number of benzene rings is 1. The highest BCUT2D eigenvalue weighted by Gasteiger charge is 2.32. The highest BCUT2D eigenvalue weighted by molar-refractivity contribution is 7.91. The fourth-order valence-corrected chi connectivity index (χ4v) is 4.86. The van der Waals surface area contributed by atoms with Crippen molar-refractivity contribution in [3.05, 3.63) is 52.8 Å². The fraction of sp³-hybridized carbons (Fsp3) is 0.312. The van der Waals surface area contributed by atoms with Gasteiger partial charge in [0.05, 0.1) is 0 Å². The summed E-state index contributed by atoms with van der Waals surface area (Å²) in [7, 11) is 0. The molecule has 1 aliphatic carbocycles. The van der Waals surface area contributed by atoms with Crippen LogP contribution in [-0.4, -0.2) is 9.54 Å². The van der Waals surface area contributed by atoms with E-state index < -0.39 is 11.2 Å². The Morgan fingerprint density at radius 3 is 2.70 bits per heavy atom. The summed E-state index contributed by atoms with van der Waals surface area (Å²) in [4.78, 5) is 6.23. The van der Waals surface area contributed by atoms with Crippen molar-refractivity contribution < 1.29 is 4.55 Å². The number of fused-ring (bicyclic) bond motifs is 4. The van der Waals surface area contributed by atoms with Crippen LogP contribution in [0.15, 0.2) is 40.4 Å². The molecule has 1 aliphatic heterocycles. The molecule has 104 valence electrons. The van der Waals surface area contributed by atoms with Gasteiger partial charge in [-0.2, -0.15) is 0 Å². The summed E-state index contributed by atoms with van der Waals surface area (Å²) in [6, 6.07) is 6.33. The van der Waals surface area contributed by atoms with Gasteiger partial charge in [-0.3, -0.25) is 4.98 Å². The molecule has 0 radical (unpaired) electrons. The second kappa shape index (κ2) is 5.40. The lowest BCUT2D eigenvalue weighted by molar-refractivity contribution is 0.584. The maximum Gasteiger partial charge on any atom is 0.165 e. The summed E-state index contributed by atoms with van der Waals surface area (Å²) in [6.07, 6.45) is 9.20. The molecule has 0 bridgehead atoms. The number of aryl methyl sites for hydroxylation is 1. The largest absolute Gasteiger partial charge is 0.606 e. The molecule has 0 spiro atoms. The van der Waals surface area contributed by atoms with Gasteiger partial charge in [-0.1, -0.05) is 12.1 Å². The molecule has 2 nitrogen and oxygen atoms in total. The van der Waals surface area contributed by atoms with Gasteiger partial charge in [-0.15, -0.1) is 12.4 Å². The zero-order valence-corrected chi connectivity index (χ0v) is 12.7. The molecule has 4 heteroatoms. The number of aromatic nitrogens is 1. The SMILES string of the molecule is Cl.[O-][S+]1c2ccncc2Cc2ccc3c(c21)CCCC3. The predicted octanol–water partition coefficient (Wildman–Crippen LogP) is 3.45. The molecule has 1 atom stereocenters. The van der Waals surface area contributed by atoms with E-state index in [-0.39, 0.29) is 12.4 Å². The van der Waals surface area contributed by atoms with Crippen LogP contribution in [0.1, 0.15) is 35.1 Å². The van der Waals surface area contributed by atoms with Crippen LogP contribution >= 0.6 is 12.4 Å². The van der Waals surface area contributed by atoms with Crippen molar-refractivity contribution in [1.82, 2.24) is 4.98 Å². The minimum absolute atomic E-state index is 0. The monoisotopic (exact) mass is 305 g/mol. The number of hydrogen-bond acceptors (Lipinski definition) is 2. The third-order valence-electron chi connectivity index (χ3n) is 4.19. The van der Waals surface area contributed by atoms with Gasteiger partial charge in [0.25, 0.3) is 0 Å². The topological polar surface area (TPSA) is 36.0 Å². The summed E-state index contributed by atoms with van der Waals surface area (Å²) in [6.45, 7) is 0. The standard InChI is InChI=1S/C16H15NOS.ClH/c18-19-15-7-8-17-10-13(15)9-12-6-5-11-3-1-2-4-14(11)16(12)19;/h5-8,10H,1-4,9H2;1H. The molecule has 1 aromatic heterocycles. The van der Waals surface area contributed by atoms with Gasteiger partial charge in [0.15, 0.2) is 9.79 Å². The van der Waals surface area contributed by atoms with Gasteiger partial charge in [-0.25, -0.2) is 0 Å². The van der Waals surface area contributed by atoms with Crippen molar-refractivity contribution in [3.63, 3.8) is 0 Å². The maximum atomic E-state index is 12.9. The van der Waals surface area contributed by atoms with Crippen molar-refractivity contribution in [1.29, 1.82) is 0 Å². The number of pyridine rings is 1. The highest BCUT2D eigenvalue weighted by atomic mass is 35.5. The lowest BCUT2D eigenvalue weighted by Gasteiger charge is -2.26. The molecule has 2 heterocycles. The molecule has 2 aliphatic rings. The summed E-state index contributed by atoms with van der Waals surface area (Å²) in [5.74, 6) is 0. The van der Waals surface area contributed by atoms with Crippen LogP contribution in [0.3, 0.4) is 0 Å². The van der Waals surface area contributed by atoms with Crippen molar-refractivity contribution in [3.8, 4) is 0 Å². The Labute approximate surface area is 128 Å². The van der Waals surface area contributed by atoms with Gasteiger partial charge in [0, 0.05) is 52.7 Å². The molecule has 0 saturated heterocycles. The average Bonchev–Trinajstić information content (AvgIpc) is 2.47. The lowest BCUT2D eigenvalue weighted by atomic mass is 9.89. The number of rotatable bonds is 0. The molecule has 0 N–H and O–H groups in total. The average molecular weight is 306 g/mol. The van der Waals surface area contributed by atoms with Crippen LogP contribution in [0.4, 0.5) is 0 Å². The van der Waals surface area contributed by atoms with Crippen molar-refractivity contribution >= 4 is 23.6 Å². The molecule has 0 amide bonds. The zero-order valence-electron chi connectivity index (χ0n) is 11.1. The Kier molecular flexibility index (Phi) is 3.76. The van der Waals surface area contributed by atoms with E-state index >= 15 is 0 Å². The van der Waals surface area contributed by atoms with Crippen molar-refractivity contribution in [2.24, 2.45) is 0 Å². The van der Waals surface area contributed by atoms with Gasteiger partial charge in [-0.05, 0) is 31.2 Å². The van der Waals surface area contributed by atoms with Crippen LogP contribution in [0.2, 0.25) is 0 Å². The van der Waals surface area contributed by atoms with Gasteiger partial charge in [0.1, 0.15) is 0 Å². The first-order valence-electron chi connectivity index (χ1n) is 6.83. The number of nitrogens with zero attached hydrogens (tertiary/aromatic N) is 1. The smallest absolute Gasteiger partial charge is 0.165 e. The second-order valence-electron chi connectivity index (χ2n) is 5.33. The van der Waals surface area contributed by atoms with Crippen molar-refractivity contribution in [2.45, 2.75) is 41.9 Å². The van der Waals surface area contributed by atoms with E-state index in [1.807, 2.05) is 12.3 Å². The zero-order chi connectivity index (χ0) is 12.8. The van der Waals surface area contributed by atoms with Crippen LogP contribution < -0.4 is 0 Å². The van der Waals surface area contributed by atoms with Crippen LogP contribution in [0, 0.1) is 0 Å². The molecule has 20 heavy (non-hydrogen) atoms. The predicted molar refractivity (Wildman–Crippen MR) is 82.0 cm³/mol. The molecule has 1 unspecified atom stereocenters.